The number of benzene rings is 2. The zero-order valence-corrected chi connectivity index (χ0v) is 22.3. The molecule has 1 heterocycles. The van der Waals surface area contributed by atoms with E-state index in [1.807, 2.05) is 36.4 Å². The number of nitrogens with zero attached hydrogens (tertiary/aromatic N) is 2. The number of carbonyl (C=O) groups excluding carboxylic acids is 2. The first-order valence-electron chi connectivity index (χ1n) is 11.7. The summed E-state index contributed by atoms with van der Waals surface area (Å²) in [5.41, 5.74) is -0.703. The average molecular weight is 494 g/mol. The first kappa shape index (κ1) is 26.4. The number of alkyl carbamates (subject to hydrolysis) is 1. The number of amides is 1. The van der Waals surface area contributed by atoms with E-state index < -0.39 is 26.1 Å². The van der Waals surface area contributed by atoms with Crippen LogP contribution in [0.25, 0.3) is 0 Å². The lowest BCUT2D eigenvalue weighted by Crippen LogP contribution is -2.67. The molecule has 1 amide bonds. The minimum absolute atomic E-state index is 0.0243. The standard InChI is InChI=1S/C27H35N3O4Si/c1-26(2,3)34-25(32)29-23(24(31)30-18-17-28-20-30)19-33-35(27(4,5)6,21-13-9-7-10-14-21)22-15-11-8-12-16-22/h7-18,20,23H,19H2,1-6H3,(H,29,32)/t23-/m0/s1. The van der Waals surface area contributed by atoms with Gasteiger partial charge in [0.1, 0.15) is 18.0 Å². The van der Waals surface area contributed by atoms with Crippen LogP contribution < -0.4 is 15.7 Å². The molecule has 0 saturated heterocycles. The molecule has 0 saturated carbocycles. The monoisotopic (exact) mass is 493 g/mol. The molecule has 0 spiro atoms. The van der Waals surface area contributed by atoms with E-state index in [1.165, 1.54) is 17.1 Å². The minimum Gasteiger partial charge on any atom is -0.444 e. The zero-order chi connectivity index (χ0) is 25.7. The number of aromatic nitrogens is 2. The second-order valence-corrected chi connectivity index (χ2v) is 14.8. The van der Waals surface area contributed by atoms with Crippen molar-refractivity contribution in [2.45, 2.75) is 58.2 Å². The van der Waals surface area contributed by atoms with Crippen LogP contribution in [0.1, 0.15) is 46.3 Å². The van der Waals surface area contributed by atoms with Crippen molar-refractivity contribution in [3.05, 3.63) is 79.4 Å². The van der Waals surface area contributed by atoms with Gasteiger partial charge in [-0.1, -0.05) is 81.4 Å². The molecule has 1 N–H and O–H groups in total. The molecule has 0 bridgehead atoms. The van der Waals surface area contributed by atoms with Crippen LogP contribution in [-0.4, -0.2) is 48.1 Å². The van der Waals surface area contributed by atoms with Gasteiger partial charge in [0.05, 0.1) is 6.61 Å². The number of rotatable bonds is 7. The quantitative estimate of drug-likeness (QED) is 0.503. The Hall–Kier alpha value is -3.23. The lowest BCUT2D eigenvalue weighted by atomic mass is 10.2. The Morgan fingerprint density at radius 2 is 1.49 bits per heavy atom. The van der Waals surface area contributed by atoms with Gasteiger partial charge in [-0.3, -0.25) is 9.36 Å². The van der Waals surface area contributed by atoms with Gasteiger partial charge in [0.2, 0.25) is 0 Å². The highest BCUT2D eigenvalue weighted by Crippen LogP contribution is 2.36. The minimum atomic E-state index is -2.91. The van der Waals surface area contributed by atoms with E-state index in [0.717, 1.165) is 10.4 Å². The number of hydrogen-bond acceptors (Lipinski definition) is 5. The number of nitrogens with one attached hydrogen (secondary N) is 1. The van der Waals surface area contributed by atoms with Gasteiger partial charge < -0.3 is 14.5 Å². The first-order chi connectivity index (χ1) is 16.4. The number of hydrogen-bond donors (Lipinski definition) is 1. The molecular weight excluding hydrogens is 458 g/mol. The van der Waals surface area contributed by atoms with Crippen molar-refractivity contribution < 1.29 is 18.8 Å². The summed E-state index contributed by atoms with van der Waals surface area (Å²) >= 11 is 0. The van der Waals surface area contributed by atoms with Crippen LogP contribution in [0.4, 0.5) is 4.79 Å². The highest BCUT2D eigenvalue weighted by Gasteiger charge is 2.50. The van der Waals surface area contributed by atoms with Crippen molar-refractivity contribution in [2.75, 3.05) is 6.61 Å². The van der Waals surface area contributed by atoms with Gasteiger partial charge in [-0.2, -0.15) is 0 Å². The summed E-state index contributed by atoms with van der Waals surface area (Å²) in [6.45, 7) is 11.8. The van der Waals surface area contributed by atoms with Crippen LogP contribution >= 0.6 is 0 Å². The van der Waals surface area contributed by atoms with E-state index in [4.69, 9.17) is 9.16 Å². The Labute approximate surface area is 208 Å². The molecule has 0 unspecified atom stereocenters. The molecule has 1 atom stereocenters. The maximum atomic E-state index is 13.3. The van der Waals surface area contributed by atoms with E-state index in [9.17, 15) is 9.59 Å². The molecule has 35 heavy (non-hydrogen) atoms. The highest BCUT2D eigenvalue weighted by molar-refractivity contribution is 6.99. The molecule has 0 radical (unpaired) electrons. The largest absolute Gasteiger partial charge is 0.444 e. The third-order valence-corrected chi connectivity index (χ3v) is 10.6. The molecule has 0 aliphatic carbocycles. The Kier molecular flexibility index (Phi) is 7.97. The van der Waals surface area contributed by atoms with Crippen molar-refractivity contribution in [3.8, 4) is 0 Å². The van der Waals surface area contributed by atoms with Crippen molar-refractivity contribution in [2.24, 2.45) is 0 Å². The molecule has 7 nitrogen and oxygen atoms in total. The molecule has 0 fully saturated rings. The molecular formula is C27H35N3O4Si. The molecule has 1 aromatic heterocycles. The molecule has 2 aromatic carbocycles. The van der Waals surface area contributed by atoms with Gasteiger partial charge >= 0.3 is 6.09 Å². The van der Waals surface area contributed by atoms with Crippen LogP contribution in [0.5, 0.6) is 0 Å². The zero-order valence-electron chi connectivity index (χ0n) is 21.3. The van der Waals surface area contributed by atoms with Crippen LogP contribution in [-0.2, 0) is 9.16 Å². The van der Waals surface area contributed by atoms with Crippen molar-refractivity contribution in [3.63, 3.8) is 0 Å². The van der Waals surface area contributed by atoms with E-state index in [2.05, 4.69) is 55.3 Å². The van der Waals surface area contributed by atoms with E-state index >= 15 is 0 Å². The topological polar surface area (TPSA) is 82.5 Å². The molecule has 3 rings (SSSR count). The van der Waals surface area contributed by atoms with E-state index in [-0.39, 0.29) is 17.6 Å². The van der Waals surface area contributed by atoms with Crippen LogP contribution in [0, 0.1) is 0 Å². The molecule has 8 heteroatoms. The van der Waals surface area contributed by atoms with Crippen molar-refractivity contribution in [1.29, 1.82) is 0 Å². The fraction of sp³-hybridized carbons (Fsp3) is 0.370. The lowest BCUT2D eigenvalue weighted by molar-refractivity contribution is 0.0459. The molecule has 186 valence electrons. The van der Waals surface area contributed by atoms with Gasteiger partial charge in [-0.15, -0.1) is 0 Å². The number of imidazole rings is 1. The van der Waals surface area contributed by atoms with Crippen molar-refractivity contribution in [1.82, 2.24) is 14.9 Å². The fourth-order valence-electron chi connectivity index (χ4n) is 4.16. The number of carbonyl (C=O) groups is 2. The van der Waals surface area contributed by atoms with Crippen LogP contribution in [0.2, 0.25) is 5.04 Å². The lowest BCUT2D eigenvalue weighted by Gasteiger charge is -2.43. The average Bonchev–Trinajstić information content (AvgIpc) is 3.32. The predicted molar refractivity (Wildman–Crippen MR) is 140 cm³/mol. The molecule has 0 aliphatic heterocycles. The SMILES string of the molecule is CC(C)(C)OC(=O)N[C@@H](CO[Si](c1ccccc1)(c1ccccc1)C(C)(C)C)C(=O)n1ccnc1. The van der Waals surface area contributed by atoms with Gasteiger partial charge in [0.25, 0.3) is 14.2 Å². The molecule has 3 aromatic rings. The normalized spacial score (nSPS) is 13.2. The summed E-state index contributed by atoms with van der Waals surface area (Å²) in [5.74, 6) is -0.355. The van der Waals surface area contributed by atoms with Crippen LogP contribution in [0.15, 0.2) is 79.4 Å². The fourth-order valence-corrected chi connectivity index (χ4v) is 8.74. The third kappa shape index (κ3) is 6.26. The van der Waals surface area contributed by atoms with Gasteiger partial charge in [0.15, 0.2) is 0 Å². The van der Waals surface area contributed by atoms with Crippen LogP contribution in [0.3, 0.4) is 0 Å². The van der Waals surface area contributed by atoms with E-state index in [0.29, 0.717) is 0 Å². The first-order valence-corrected chi connectivity index (χ1v) is 13.6. The highest BCUT2D eigenvalue weighted by atomic mass is 28.4. The summed E-state index contributed by atoms with van der Waals surface area (Å²) in [5, 5.41) is 4.63. The Morgan fingerprint density at radius 3 is 1.91 bits per heavy atom. The second-order valence-electron chi connectivity index (χ2n) is 10.5. The summed E-state index contributed by atoms with van der Waals surface area (Å²) in [6.07, 6.45) is 3.80. The predicted octanol–water partition coefficient (Wildman–Crippen LogP) is 3.99. The van der Waals surface area contributed by atoms with Gasteiger partial charge in [-0.25, -0.2) is 9.78 Å². The van der Waals surface area contributed by atoms with Gasteiger partial charge in [0, 0.05) is 12.4 Å². The summed E-state index contributed by atoms with van der Waals surface area (Å²) in [6, 6.07) is 19.3. The summed E-state index contributed by atoms with van der Waals surface area (Å²) < 4.78 is 13.7. The second kappa shape index (κ2) is 10.6. The smallest absolute Gasteiger partial charge is 0.408 e. The summed E-state index contributed by atoms with van der Waals surface area (Å²) in [7, 11) is -2.91. The maximum Gasteiger partial charge on any atom is 0.408 e. The summed E-state index contributed by atoms with van der Waals surface area (Å²) in [4.78, 5) is 30.0. The molecule has 0 aliphatic rings. The van der Waals surface area contributed by atoms with Crippen molar-refractivity contribution >= 4 is 30.7 Å². The maximum absolute atomic E-state index is 13.3. The number of ether oxygens (including phenoxy) is 1. The third-order valence-electron chi connectivity index (χ3n) is 5.63. The van der Waals surface area contributed by atoms with E-state index in [1.54, 1.807) is 27.0 Å². The Bertz CT molecular complexity index is 1070. The Balaban J connectivity index is 2.02. The Morgan fingerprint density at radius 1 is 0.943 bits per heavy atom. The van der Waals surface area contributed by atoms with Gasteiger partial charge in [-0.05, 0) is 36.2 Å².